The molecule has 28 heavy (non-hydrogen) atoms. The number of piperidine rings is 1. The van der Waals surface area contributed by atoms with Gasteiger partial charge in [0.2, 0.25) is 0 Å². The van der Waals surface area contributed by atoms with E-state index in [1.165, 1.54) is 0 Å². The second-order valence-corrected chi connectivity index (χ2v) is 7.86. The fourth-order valence-electron chi connectivity index (χ4n) is 3.83. The predicted octanol–water partition coefficient (Wildman–Crippen LogP) is 3.84. The first-order valence-corrected chi connectivity index (χ1v) is 9.78. The minimum Gasteiger partial charge on any atom is -0.481 e. The number of hydrogen-bond acceptors (Lipinski definition) is 4. The number of anilines is 1. The molecule has 0 atom stereocenters. The number of aryl methyl sites for hydroxylation is 1. The van der Waals surface area contributed by atoms with Crippen molar-refractivity contribution in [3.63, 3.8) is 0 Å². The van der Waals surface area contributed by atoms with Crippen molar-refractivity contribution < 1.29 is 9.90 Å². The van der Waals surface area contributed by atoms with Crippen LogP contribution in [0.3, 0.4) is 0 Å². The number of hydrogen-bond donors (Lipinski definition) is 2. The maximum absolute atomic E-state index is 11.2. The lowest BCUT2D eigenvalue weighted by atomic mass is 9.97. The molecule has 0 amide bonds. The largest absolute Gasteiger partial charge is 0.481 e. The highest BCUT2D eigenvalue weighted by Gasteiger charge is 2.26. The smallest absolute Gasteiger partial charge is 0.306 e. The minimum absolute atomic E-state index is 0.243. The van der Waals surface area contributed by atoms with Crippen molar-refractivity contribution in [3.05, 3.63) is 52.8 Å². The summed E-state index contributed by atoms with van der Waals surface area (Å²) in [7, 11) is 0. The zero-order valence-corrected chi connectivity index (χ0v) is 16.5. The van der Waals surface area contributed by atoms with Crippen molar-refractivity contribution in [3.8, 4) is 11.3 Å². The number of halogens is 1. The molecule has 3 aromatic rings. The van der Waals surface area contributed by atoms with Gasteiger partial charge in [-0.3, -0.25) is 9.69 Å². The molecule has 3 N–H and O–H groups in total. The van der Waals surface area contributed by atoms with Gasteiger partial charge in [-0.25, -0.2) is 4.98 Å². The van der Waals surface area contributed by atoms with Crippen LogP contribution in [0.5, 0.6) is 0 Å². The molecule has 1 aromatic carbocycles. The van der Waals surface area contributed by atoms with Crippen LogP contribution in [0, 0.1) is 12.8 Å². The number of nitrogen functional groups attached to an aromatic ring is 1. The molecule has 3 heterocycles. The topological polar surface area (TPSA) is 83.9 Å². The van der Waals surface area contributed by atoms with Gasteiger partial charge in [0.05, 0.1) is 17.3 Å². The number of aliphatic carboxylic acids is 1. The lowest BCUT2D eigenvalue weighted by molar-refractivity contribution is -0.143. The van der Waals surface area contributed by atoms with Crippen molar-refractivity contribution in [2.24, 2.45) is 5.92 Å². The zero-order valence-electron chi connectivity index (χ0n) is 15.7. The second kappa shape index (κ2) is 7.45. The Morgan fingerprint density at radius 2 is 2.04 bits per heavy atom. The molecule has 6 nitrogen and oxygen atoms in total. The van der Waals surface area contributed by atoms with Crippen molar-refractivity contribution in [1.29, 1.82) is 0 Å². The summed E-state index contributed by atoms with van der Waals surface area (Å²) in [6.07, 6.45) is 3.24. The van der Waals surface area contributed by atoms with Gasteiger partial charge in [-0.15, -0.1) is 0 Å². The van der Waals surface area contributed by atoms with Gasteiger partial charge < -0.3 is 15.2 Å². The molecule has 0 aliphatic carbocycles. The van der Waals surface area contributed by atoms with Crippen LogP contribution in [0.2, 0.25) is 5.02 Å². The summed E-state index contributed by atoms with van der Waals surface area (Å²) in [4.78, 5) is 18.4. The molecule has 2 aromatic heterocycles. The van der Waals surface area contributed by atoms with Crippen LogP contribution in [0.1, 0.15) is 24.1 Å². The van der Waals surface area contributed by atoms with E-state index >= 15 is 0 Å². The van der Waals surface area contributed by atoms with Gasteiger partial charge >= 0.3 is 5.97 Å². The van der Waals surface area contributed by atoms with E-state index in [4.69, 9.17) is 22.3 Å². The van der Waals surface area contributed by atoms with E-state index in [1.807, 2.05) is 47.9 Å². The summed E-state index contributed by atoms with van der Waals surface area (Å²) in [5, 5.41) is 9.97. The maximum Gasteiger partial charge on any atom is 0.306 e. The van der Waals surface area contributed by atoms with E-state index < -0.39 is 5.97 Å². The molecule has 0 saturated carbocycles. The first-order valence-electron chi connectivity index (χ1n) is 9.40. The van der Waals surface area contributed by atoms with Crippen LogP contribution in [-0.4, -0.2) is 38.4 Å². The Hall–Kier alpha value is -2.57. The number of benzene rings is 1. The number of likely N-dealkylation sites (tertiary alicyclic amines) is 1. The molecular formula is C21H23ClN4O2. The van der Waals surface area contributed by atoms with Crippen LogP contribution >= 0.6 is 11.6 Å². The number of imidazole rings is 1. The highest BCUT2D eigenvalue weighted by atomic mass is 35.5. The summed E-state index contributed by atoms with van der Waals surface area (Å²) >= 11 is 6.20. The Kier molecular flexibility index (Phi) is 5.00. The highest BCUT2D eigenvalue weighted by Crippen LogP contribution is 2.30. The predicted molar refractivity (Wildman–Crippen MR) is 110 cm³/mol. The number of carboxylic acids is 1. The number of aromatic nitrogens is 2. The van der Waals surface area contributed by atoms with Crippen molar-refractivity contribution in [2.45, 2.75) is 26.3 Å². The van der Waals surface area contributed by atoms with E-state index in [1.54, 1.807) is 0 Å². The standard InChI is InChI=1S/C21H23ClN4O2/c1-13-10-15(2-4-17(13)22)20-18(26-11-16(23)3-5-19(26)24-20)12-25-8-6-14(7-9-25)21(27)28/h2-5,10-11,14H,6-9,12,23H2,1H3,(H,27,28). The summed E-state index contributed by atoms with van der Waals surface area (Å²) in [6, 6.07) is 9.70. The highest BCUT2D eigenvalue weighted by molar-refractivity contribution is 6.31. The number of nitrogens with zero attached hydrogens (tertiary/aromatic N) is 3. The SMILES string of the molecule is Cc1cc(-c2nc3ccc(N)cn3c2CN2CCC(C(=O)O)CC2)ccc1Cl. The number of fused-ring (bicyclic) bond motifs is 1. The summed E-state index contributed by atoms with van der Waals surface area (Å²) in [6.45, 7) is 4.18. The van der Waals surface area contributed by atoms with Gasteiger partial charge in [0.15, 0.2) is 0 Å². The van der Waals surface area contributed by atoms with Gasteiger partial charge in [0.25, 0.3) is 0 Å². The first kappa shape index (κ1) is 18.8. The average molecular weight is 399 g/mol. The first-order chi connectivity index (χ1) is 13.4. The Bertz CT molecular complexity index is 1040. The van der Waals surface area contributed by atoms with E-state index in [-0.39, 0.29) is 5.92 Å². The van der Waals surface area contributed by atoms with Crippen LogP contribution in [-0.2, 0) is 11.3 Å². The fourth-order valence-corrected chi connectivity index (χ4v) is 3.95. The number of rotatable bonds is 4. The van der Waals surface area contributed by atoms with E-state index in [0.717, 1.165) is 46.3 Å². The van der Waals surface area contributed by atoms with Gasteiger partial charge in [-0.2, -0.15) is 0 Å². The second-order valence-electron chi connectivity index (χ2n) is 7.45. The Morgan fingerprint density at radius 1 is 1.29 bits per heavy atom. The van der Waals surface area contributed by atoms with Crippen LogP contribution in [0.4, 0.5) is 5.69 Å². The Balaban J connectivity index is 1.72. The summed E-state index contributed by atoms with van der Waals surface area (Å²) in [5.74, 6) is -0.938. The number of pyridine rings is 1. The van der Waals surface area contributed by atoms with Crippen molar-refractivity contribution in [1.82, 2.24) is 14.3 Å². The number of carbonyl (C=O) groups is 1. The average Bonchev–Trinajstić information content (AvgIpc) is 3.02. The normalized spacial score (nSPS) is 15.9. The number of nitrogens with two attached hydrogens (primary N) is 1. The molecule has 1 fully saturated rings. The fraction of sp³-hybridized carbons (Fsp3) is 0.333. The quantitative estimate of drug-likeness (QED) is 0.697. The third-order valence-electron chi connectivity index (χ3n) is 5.48. The van der Waals surface area contributed by atoms with E-state index in [2.05, 4.69) is 4.90 Å². The number of carboxylic acid groups (broad SMARTS) is 1. The van der Waals surface area contributed by atoms with Gasteiger partial charge in [-0.05, 0) is 62.7 Å². The molecule has 1 saturated heterocycles. The van der Waals surface area contributed by atoms with Gasteiger partial charge in [-0.1, -0.05) is 17.7 Å². The Morgan fingerprint density at radius 3 is 2.71 bits per heavy atom. The lowest BCUT2D eigenvalue weighted by Crippen LogP contribution is -2.36. The minimum atomic E-state index is -0.695. The molecular weight excluding hydrogens is 376 g/mol. The lowest BCUT2D eigenvalue weighted by Gasteiger charge is -2.30. The molecule has 1 aliphatic rings. The maximum atomic E-state index is 11.2. The van der Waals surface area contributed by atoms with E-state index in [0.29, 0.717) is 25.1 Å². The molecule has 1 aliphatic heterocycles. The molecule has 7 heteroatoms. The summed E-state index contributed by atoms with van der Waals surface area (Å²) in [5.41, 5.74) is 11.5. The van der Waals surface area contributed by atoms with Crippen molar-refractivity contribution >= 4 is 28.9 Å². The third kappa shape index (κ3) is 3.57. The van der Waals surface area contributed by atoms with Crippen LogP contribution in [0.15, 0.2) is 36.5 Å². The summed E-state index contributed by atoms with van der Waals surface area (Å²) < 4.78 is 2.04. The molecule has 0 unspecified atom stereocenters. The molecule has 4 rings (SSSR count). The molecule has 0 radical (unpaired) electrons. The van der Waals surface area contributed by atoms with Crippen LogP contribution < -0.4 is 5.73 Å². The third-order valence-corrected chi connectivity index (χ3v) is 5.91. The van der Waals surface area contributed by atoms with Crippen LogP contribution in [0.25, 0.3) is 16.9 Å². The van der Waals surface area contributed by atoms with Gasteiger partial charge in [0.1, 0.15) is 5.65 Å². The zero-order chi connectivity index (χ0) is 19.8. The molecule has 0 spiro atoms. The van der Waals surface area contributed by atoms with Crippen molar-refractivity contribution in [2.75, 3.05) is 18.8 Å². The molecule has 146 valence electrons. The Labute approximate surface area is 168 Å². The van der Waals surface area contributed by atoms with Gasteiger partial charge in [0, 0.05) is 29.0 Å². The molecule has 0 bridgehead atoms. The van der Waals surface area contributed by atoms with E-state index in [9.17, 15) is 9.90 Å². The monoisotopic (exact) mass is 398 g/mol.